The lowest BCUT2D eigenvalue weighted by molar-refractivity contribution is -0.0191. The van der Waals surface area contributed by atoms with Gasteiger partial charge in [0.15, 0.2) is 0 Å². The largest absolute Gasteiger partial charge is 0.379 e. The minimum absolute atomic E-state index is 0.301. The molecular weight excluding hydrogens is 260 g/mol. The number of nitrogens with zero attached hydrogens (tertiary/aromatic N) is 2. The SMILES string of the molecule is CCCCCCCCCCCC1N(CC)CCN1C(C)O. The molecule has 126 valence electrons. The van der Waals surface area contributed by atoms with Crippen molar-refractivity contribution in [3.63, 3.8) is 0 Å². The Morgan fingerprint density at radius 1 is 0.905 bits per heavy atom. The zero-order valence-corrected chi connectivity index (χ0v) is 14.7. The van der Waals surface area contributed by atoms with Crippen molar-refractivity contribution in [2.45, 2.75) is 97.4 Å². The molecule has 21 heavy (non-hydrogen) atoms. The third kappa shape index (κ3) is 7.12. The van der Waals surface area contributed by atoms with Crippen LogP contribution in [0, 0.1) is 0 Å². The van der Waals surface area contributed by atoms with Crippen molar-refractivity contribution in [3.05, 3.63) is 0 Å². The number of hydrogen-bond donors (Lipinski definition) is 1. The monoisotopic (exact) mass is 298 g/mol. The summed E-state index contributed by atoms with van der Waals surface area (Å²) in [6.45, 7) is 9.65. The summed E-state index contributed by atoms with van der Waals surface area (Å²) in [4.78, 5) is 4.77. The molecule has 1 aliphatic heterocycles. The van der Waals surface area contributed by atoms with Crippen LogP contribution in [0.15, 0.2) is 0 Å². The summed E-state index contributed by atoms with van der Waals surface area (Å²) in [5.41, 5.74) is 0. The van der Waals surface area contributed by atoms with Crippen LogP contribution in [0.25, 0.3) is 0 Å². The van der Waals surface area contributed by atoms with Crippen LogP contribution in [0.1, 0.15) is 85.0 Å². The van der Waals surface area contributed by atoms with E-state index in [0.717, 1.165) is 19.6 Å². The molecular formula is C18H38N2O. The van der Waals surface area contributed by atoms with Gasteiger partial charge in [0.05, 0.1) is 6.17 Å². The zero-order chi connectivity index (χ0) is 15.5. The molecule has 0 spiro atoms. The van der Waals surface area contributed by atoms with E-state index in [1.165, 1.54) is 64.2 Å². The van der Waals surface area contributed by atoms with Crippen LogP contribution in [0.2, 0.25) is 0 Å². The standard InChI is InChI=1S/C18H38N2O/c1-4-6-7-8-9-10-11-12-13-14-18-19(5-2)15-16-20(18)17(3)21/h17-18,21H,4-16H2,1-3H3. The molecule has 0 aliphatic carbocycles. The molecule has 0 amide bonds. The molecule has 1 aliphatic rings. The molecule has 2 unspecified atom stereocenters. The average molecular weight is 299 g/mol. The van der Waals surface area contributed by atoms with Crippen molar-refractivity contribution in [1.82, 2.24) is 9.80 Å². The molecule has 0 aromatic rings. The van der Waals surface area contributed by atoms with E-state index in [2.05, 4.69) is 23.6 Å². The molecule has 0 bridgehead atoms. The molecule has 0 radical (unpaired) electrons. The Labute approximate surface area is 132 Å². The molecule has 0 aromatic carbocycles. The minimum Gasteiger partial charge on any atom is -0.379 e. The maximum Gasteiger partial charge on any atom is 0.105 e. The summed E-state index contributed by atoms with van der Waals surface area (Å²) < 4.78 is 0. The first-order chi connectivity index (χ1) is 10.2. The number of likely N-dealkylation sites (N-methyl/N-ethyl adjacent to an activating group) is 1. The number of aliphatic hydroxyl groups is 1. The van der Waals surface area contributed by atoms with Gasteiger partial charge in [-0.1, -0.05) is 71.6 Å². The first kappa shape index (κ1) is 18.9. The third-order valence-electron chi connectivity index (χ3n) is 4.90. The van der Waals surface area contributed by atoms with E-state index in [1.54, 1.807) is 0 Å². The van der Waals surface area contributed by atoms with E-state index in [1.807, 2.05) is 6.92 Å². The van der Waals surface area contributed by atoms with E-state index >= 15 is 0 Å². The summed E-state index contributed by atoms with van der Waals surface area (Å²) in [6.07, 6.45) is 13.9. The van der Waals surface area contributed by atoms with Crippen molar-refractivity contribution in [3.8, 4) is 0 Å². The van der Waals surface area contributed by atoms with Crippen LogP contribution in [0.5, 0.6) is 0 Å². The second-order valence-corrected chi connectivity index (χ2v) is 6.60. The van der Waals surface area contributed by atoms with Crippen molar-refractivity contribution in [1.29, 1.82) is 0 Å². The maximum absolute atomic E-state index is 9.88. The Kier molecular flexibility index (Phi) is 10.3. The van der Waals surface area contributed by atoms with Gasteiger partial charge in [0.2, 0.25) is 0 Å². The van der Waals surface area contributed by atoms with Crippen LogP contribution in [0.4, 0.5) is 0 Å². The fraction of sp³-hybridized carbons (Fsp3) is 1.00. The Morgan fingerprint density at radius 2 is 1.48 bits per heavy atom. The van der Waals surface area contributed by atoms with Crippen molar-refractivity contribution >= 4 is 0 Å². The molecule has 1 fully saturated rings. The number of unbranched alkanes of at least 4 members (excludes halogenated alkanes) is 8. The van der Waals surface area contributed by atoms with Gasteiger partial charge < -0.3 is 5.11 Å². The average Bonchev–Trinajstić information content (AvgIpc) is 2.88. The third-order valence-corrected chi connectivity index (χ3v) is 4.90. The molecule has 3 nitrogen and oxygen atoms in total. The minimum atomic E-state index is -0.301. The fourth-order valence-corrected chi connectivity index (χ4v) is 3.54. The van der Waals surface area contributed by atoms with E-state index in [4.69, 9.17) is 0 Å². The van der Waals surface area contributed by atoms with Gasteiger partial charge in [-0.15, -0.1) is 0 Å². The molecule has 0 saturated carbocycles. The van der Waals surface area contributed by atoms with Crippen LogP contribution in [-0.4, -0.2) is 46.9 Å². The number of hydrogen-bond acceptors (Lipinski definition) is 3. The molecule has 2 atom stereocenters. The Bertz CT molecular complexity index is 245. The van der Waals surface area contributed by atoms with Crippen molar-refractivity contribution in [2.24, 2.45) is 0 Å². The van der Waals surface area contributed by atoms with E-state index < -0.39 is 0 Å². The highest BCUT2D eigenvalue weighted by Gasteiger charge is 2.32. The second-order valence-electron chi connectivity index (χ2n) is 6.60. The number of rotatable bonds is 12. The van der Waals surface area contributed by atoms with Crippen LogP contribution in [0.3, 0.4) is 0 Å². The van der Waals surface area contributed by atoms with Gasteiger partial charge in [-0.3, -0.25) is 9.80 Å². The molecule has 1 saturated heterocycles. The van der Waals surface area contributed by atoms with Crippen LogP contribution >= 0.6 is 0 Å². The lowest BCUT2D eigenvalue weighted by atomic mass is 10.1. The topological polar surface area (TPSA) is 26.7 Å². The Morgan fingerprint density at radius 3 is 2.00 bits per heavy atom. The fourth-order valence-electron chi connectivity index (χ4n) is 3.54. The van der Waals surface area contributed by atoms with E-state index in [0.29, 0.717) is 6.17 Å². The van der Waals surface area contributed by atoms with E-state index in [9.17, 15) is 5.11 Å². The Hall–Kier alpha value is -0.120. The molecule has 0 aromatic heterocycles. The van der Waals surface area contributed by atoms with Gasteiger partial charge in [0.25, 0.3) is 0 Å². The quantitative estimate of drug-likeness (QED) is 0.547. The maximum atomic E-state index is 9.88. The van der Waals surface area contributed by atoms with Gasteiger partial charge in [-0.05, 0) is 19.9 Å². The summed E-state index contributed by atoms with van der Waals surface area (Å²) >= 11 is 0. The van der Waals surface area contributed by atoms with Gasteiger partial charge in [0, 0.05) is 13.1 Å². The van der Waals surface area contributed by atoms with Gasteiger partial charge >= 0.3 is 0 Å². The van der Waals surface area contributed by atoms with Gasteiger partial charge in [-0.2, -0.15) is 0 Å². The highest BCUT2D eigenvalue weighted by molar-refractivity contribution is 4.81. The van der Waals surface area contributed by atoms with E-state index in [-0.39, 0.29) is 6.23 Å². The Balaban J connectivity index is 2.07. The molecule has 1 rings (SSSR count). The number of aliphatic hydroxyl groups excluding tert-OH is 1. The predicted octanol–water partition coefficient (Wildman–Crippen LogP) is 4.21. The lowest BCUT2D eigenvalue weighted by Gasteiger charge is -2.31. The highest BCUT2D eigenvalue weighted by atomic mass is 16.3. The lowest BCUT2D eigenvalue weighted by Crippen LogP contribution is -2.43. The second kappa shape index (κ2) is 11.4. The molecule has 1 N–H and O–H groups in total. The first-order valence-corrected chi connectivity index (χ1v) is 9.38. The normalized spacial score (nSPS) is 22.0. The van der Waals surface area contributed by atoms with Crippen molar-refractivity contribution in [2.75, 3.05) is 19.6 Å². The molecule has 1 heterocycles. The summed E-state index contributed by atoms with van der Waals surface area (Å²) in [5, 5.41) is 9.88. The van der Waals surface area contributed by atoms with Crippen LogP contribution < -0.4 is 0 Å². The summed E-state index contributed by atoms with van der Waals surface area (Å²) in [6, 6.07) is 0. The van der Waals surface area contributed by atoms with Crippen LogP contribution in [-0.2, 0) is 0 Å². The molecule has 3 heteroatoms. The van der Waals surface area contributed by atoms with Crippen molar-refractivity contribution < 1.29 is 5.11 Å². The smallest absolute Gasteiger partial charge is 0.105 e. The summed E-state index contributed by atoms with van der Waals surface area (Å²) in [5.74, 6) is 0. The van der Waals surface area contributed by atoms with Gasteiger partial charge in [0.1, 0.15) is 6.23 Å². The van der Waals surface area contributed by atoms with Gasteiger partial charge in [-0.25, -0.2) is 0 Å². The highest BCUT2D eigenvalue weighted by Crippen LogP contribution is 2.22. The zero-order valence-electron chi connectivity index (χ0n) is 14.7. The predicted molar refractivity (Wildman–Crippen MR) is 91.3 cm³/mol. The first-order valence-electron chi connectivity index (χ1n) is 9.38. The summed E-state index contributed by atoms with van der Waals surface area (Å²) in [7, 11) is 0.